The van der Waals surface area contributed by atoms with E-state index in [0.29, 0.717) is 27.1 Å². The van der Waals surface area contributed by atoms with Crippen molar-refractivity contribution < 1.29 is 22.4 Å². The topological polar surface area (TPSA) is 108 Å². The molecule has 0 bridgehead atoms. The van der Waals surface area contributed by atoms with Gasteiger partial charge in [0.2, 0.25) is 0 Å². The molecule has 2 aliphatic rings. The van der Waals surface area contributed by atoms with Crippen molar-refractivity contribution in [2.45, 2.75) is 19.4 Å². The van der Waals surface area contributed by atoms with Crippen LogP contribution in [0.2, 0.25) is 10.0 Å². The highest BCUT2D eigenvalue weighted by Gasteiger charge is 2.43. The van der Waals surface area contributed by atoms with E-state index in [2.05, 4.69) is 0 Å². The third kappa shape index (κ3) is 3.99. The molecule has 0 N–H and O–H groups in total. The highest BCUT2D eigenvalue weighted by Crippen LogP contribution is 2.34. The number of rotatable bonds is 3. The summed E-state index contributed by atoms with van der Waals surface area (Å²) in [6.45, 7) is 1.50. The lowest BCUT2D eigenvalue weighted by Crippen LogP contribution is -2.49. The van der Waals surface area contributed by atoms with Crippen LogP contribution in [-0.4, -0.2) is 42.7 Å². The Balaban J connectivity index is 1.74. The summed E-state index contributed by atoms with van der Waals surface area (Å²) in [5.74, 6) is -1.10. The van der Waals surface area contributed by atoms with Crippen molar-refractivity contribution >= 4 is 50.9 Å². The number of benzene rings is 1. The summed E-state index contributed by atoms with van der Waals surface area (Å²) in [5, 5.41) is 10.4. The van der Waals surface area contributed by atoms with E-state index in [0.717, 1.165) is 4.90 Å². The molecule has 0 spiro atoms. The van der Waals surface area contributed by atoms with Crippen LogP contribution >= 0.6 is 23.2 Å². The van der Waals surface area contributed by atoms with E-state index in [4.69, 9.17) is 27.6 Å². The van der Waals surface area contributed by atoms with Gasteiger partial charge in [0.1, 0.15) is 23.2 Å². The first-order valence-corrected chi connectivity index (χ1v) is 12.2. The Bertz CT molecular complexity index is 1360. The smallest absolute Gasteiger partial charge is 0.271 e. The molecule has 1 aromatic carbocycles. The van der Waals surface area contributed by atoms with Gasteiger partial charge in [0.15, 0.2) is 9.84 Å². The van der Waals surface area contributed by atoms with Crippen LogP contribution in [0, 0.1) is 11.3 Å². The molecule has 3 heterocycles. The summed E-state index contributed by atoms with van der Waals surface area (Å²) in [4.78, 5) is 26.9. The zero-order valence-corrected chi connectivity index (χ0v) is 19.1. The number of carbonyl (C=O) groups excluding carboxylic acids is 2. The molecule has 164 valence electrons. The Hall–Kier alpha value is -2.86. The van der Waals surface area contributed by atoms with Gasteiger partial charge in [-0.1, -0.05) is 23.2 Å². The largest absolute Gasteiger partial charge is 0.457 e. The Morgan fingerprint density at radius 3 is 2.56 bits per heavy atom. The van der Waals surface area contributed by atoms with E-state index in [1.165, 1.54) is 13.0 Å². The first kappa shape index (κ1) is 22.3. The van der Waals surface area contributed by atoms with Gasteiger partial charge < -0.3 is 4.42 Å². The highest BCUT2D eigenvalue weighted by atomic mass is 35.5. The molecule has 4 rings (SSSR count). The number of imide groups is 1. The number of nitrogens with zero attached hydrogens (tertiary/aromatic N) is 2. The maximum Gasteiger partial charge on any atom is 0.271 e. The molecule has 1 aromatic heterocycles. The minimum Gasteiger partial charge on any atom is -0.457 e. The number of hydrogen-bond acceptors (Lipinski definition) is 6. The maximum atomic E-state index is 13.2. The molecule has 2 aromatic rings. The molecular formula is C22H16Cl2N2O5S. The number of carbonyl (C=O) groups is 2. The highest BCUT2D eigenvalue weighted by molar-refractivity contribution is 7.91. The summed E-state index contributed by atoms with van der Waals surface area (Å²) in [5.41, 5.74) is 0.705. The summed E-state index contributed by atoms with van der Waals surface area (Å²) in [6.07, 6.45) is 1.58. The zero-order chi connectivity index (χ0) is 23.2. The normalized spacial score (nSPS) is 22.0. The van der Waals surface area contributed by atoms with Crippen LogP contribution in [0.5, 0.6) is 0 Å². The predicted molar refractivity (Wildman–Crippen MR) is 119 cm³/mol. The Morgan fingerprint density at radius 2 is 1.94 bits per heavy atom. The molecule has 1 saturated heterocycles. The van der Waals surface area contributed by atoms with Gasteiger partial charge >= 0.3 is 0 Å². The zero-order valence-electron chi connectivity index (χ0n) is 16.8. The van der Waals surface area contributed by atoms with Crippen LogP contribution in [0.25, 0.3) is 17.4 Å². The van der Waals surface area contributed by atoms with E-state index in [-0.39, 0.29) is 34.6 Å². The maximum absolute atomic E-state index is 13.2. The lowest BCUT2D eigenvalue weighted by molar-refractivity contribution is -0.142. The average molecular weight is 491 g/mol. The molecule has 1 atom stereocenters. The first-order chi connectivity index (χ1) is 15.1. The number of sulfone groups is 1. The Labute approximate surface area is 194 Å². The number of nitriles is 1. The van der Waals surface area contributed by atoms with Crippen molar-refractivity contribution in [1.82, 2.24) is 4.90 Å². The monoisotopic (exact) mass is 490 g/mol. The van der Waals surface area contributed by atoms with Crippen molar-refractivity contribution in [3.05, 3.63) is 62.9 Å². The molecule has 7 nitrogen and oxygen atoms in total. The fraction of sp³-hybridized carbons (Fsp3) is 0.227. The molecule has 10 heteroatoms. The van der Waals surface area contributed by atoms with E-state index in [1.807, 2.05) is 6.07 Å². The number of halogens is 2. The van der Waals surface area contributed by atoms with E-state index < -0.39 is 27.7 Å². The third-order valence-corrected chi connectivity index (χ3v) is 7.75. The van der Waals surface area contributed by atoms with Gasteiger partial charge in [-0.15, -0.1) is 0 Å². The molecule has 2 amide bonds. The second-order valence-corrected chi connectivity index (χ2v) is 10.6. The van der Waals surface area contributed by atoms with E-state index >= 15 is 0 Å². The van der Waals surface area contributed by atoms with Crippen LogP contribution in [0.15, 0.2) is 51.5 Å². The van der Waals surface area contributed by atoms with Crippen LogP contribution in [0.4, 0.5) is 0 Å². The lowest BCUT2D eigenvalue weighted by Gasteiger charge is -2.31. The second kappa shape index (κ2) is 8.24. The van der Waals surface area contributed by atoms with E-state index in [1.54, 1.807) is 30.3 Å². The van der Waals surface area contributed by atoms with Crippen LogP contribution < -0.4 is 0 Å². The molecule has 2 aliphatic heterocycles. The van der Waals surface area contributed by atoms with Gasteiger partial charge in [0.05, 0.1) is 22.6 Å². The fourth-order valence-corrected chi connectivity index (χ4v) is 6.02. The van der Waals surface area contributed by atoms with Gasteiger partial charge in [0.25, 0.3) is 11.8 Å². The summed E-state index contributed by atoms with van der Waals surface area (Å²) in [7, 11) is -3.35. The Kier molecular flexibility index (Phi) is 5.76. The van der Waals surface area contributed by atoms with Crippen LogP contribution in [0.1, 0.15) is 19.1 Å². The SMILES string of the molecule is CC1=C(C#N)C(=O)N(C2CCS(=O)(=O)C2)C(=O)/C1=C\c1ccc(-c2ccc(Cl)cc2Cl)o1. The molecule has 0 radical (unpaired) electrons. The van der Waals surface area contributed by atoms with Gasteiger partial charge in [0, 0.05) is 16.2 Å². The van der Waals surface area contributed by atoms with Crippen LogP contribution in [-0.2, 0) is 19.4 Å². The molecule has 1 fully saturated rings. The molecule has 1 unspecified atom stereocenters. The number of amides is 2. The quantitative estimate of drug-likeness (QED) is 0.474. The number of hydrogen-bond donors (Lipinski definition) is 0. The van der Waals surface area contributed by atoms with Crippen molar-refractivity contribution in [2.24, 2.45) is 0 Å². The minimum atomic E-state index is -3.35. The van der Waals surface area contributed by atoms with Crippen molar-refractivity contribution in [1.29, 1.82) is 5.26 Å². The van der Waals surface area contributed by atoms with Crippen molar-refractivity contribution in [3.8, 4) is 17.4 Å². The molecule has 32 heavy (non-hydrogen) atoms. The van der Waals surface area contributed by atoms with Gasteiger partial charge in [-0.3, -0.25) is 14.5 Å². The van der Waals surface area contributed by atoms with Crippen LogP contribution in [0.3, 0.4) is 0 Å². The average Bonchev–Trinajstić information content (AvgIpc) is 3.32. The first-order valence-electron chi connectivity index (χ1n) is 9.58. The predicted octanol–water partition coefficient (Wildman–Crippen LogP) is 4.03. The molecular weight excluding hydrogens is 475 g/mol. The molecule has 0 saturated carbocycles. The second-order valence-electron chi connectivity index (χ2n) is 7.53. The van der Waals surface area contributed by atoms with Gasteiger partial charge in [-0.2, -0.15) is 5.26 Å². The van der Waals surface area contributed by atoms with Crippen molar-refractivity contribution in [3.63, 3.8) is 0 Å². The van der Waals surface area contributed by atoms with Crippen molar-refractivity contribution in [2.75, 3.05) is 11.5 Å². The summed E-state index contributed by atoms with van der Waals surface area (Å²) in [6, 6.07) is 9.28. The van der Waals surface area contributed by atoms with E-state index in [9.17, 15) is 23.3 Å². The van der Waals surface area contributed by atoms with Gasteiger partial charge in [-0.05, 0) is 55.3 Å². The lowest BCUT2D eigenvalue weighted by atomic mass is 9.93. The summed E-state index contributed by atoms with van der Waals surface area (Å²) >= 11 is 12.2. The summed E-state index contributed by atoms with van der Waals surface area (Å²) < 4.78 is 29.6. The minimum absolute atomic E-state index is 0.0913. The third-order valence-electron chi connectivity index (χ3n) is 5.46. The standard InChI is InChI=1S/C22H16Cl2N2O5S/c1-12-17(9-15-3-5-20(31-15)16-4-2-13(23)8-19(16)24)21(27)26(22(28)18(12)10-25)14-6-7-32(29,30)11-14/h2-5,8-9,14H,6-7,11H2,1H3/b17-9-. The Morgan fingerprint density at radius 1 is 1.19 bits per heavy atom. The fourth-order valence-electron chi connectivity index (χ4n) is 3.82. The van der Waals surface area contributed by atoms with Gasteiger partial charge in [-0.25, -0.2) is 8.42 Å². The molecule has 0 aliphatic carbocycles. The number of furan rings is 1.